The Balaban J connectivity index is 1.70. The lowest BCUT2D eigenvalue weighted by molar-refractivity contribution is 0.414. The Morgan fingerprint density at radius 1 is 1.07 bits per heavy atom. The predicted octanol–water partition coefficient (Wildman–Crippen LogP) is 5.04. The highest BCUT2D eigenvalue weighted by molar-refractivity contribution is 7.91. The van der Waals surface area contributed by atoms with Crippen molar-refractivity contribution < 1.29 is 22.0 Å². The van der Waals surface area contributed by atoms with E-state index >= 15 is 0 Å². The molecule has 2 aromatic carbocycles. The highest BCUT2D eigenvalue weighted by Gasteiger charge is 2.29. The maximum Gasteiger partial charge on any atom is 0.266 e. The fraction of sp³-hybridized carbons (Fsp3) is 0.0952. The van der Waals surface area contributed by atoms with Gasteiger partial charge in [0.1, 0.15) is 5.75 Å². The third-order valence-corrected chi connectivity index (χ3v) is 6.25. The minimum Gasteiger partial charge on any atom is -0.497 e. The number of anilines is 1. The summed E-state index contributed by atoms with van der Waals surface area (Å²) in [5, 5.41) is 3.22. The van der Waals surface area contributed by atoms with Gasteiger partial charge >= 0.3 is 0 Å². The molecule has 154 valence electrons. The van der Waals surface area contributed by atoms with Crippen molar-refractivity contribution in [3.8, 4) is 17.4 Å². The van der Waals surface area contributed by atoms with Crippen LogP contribution >= 0.6 is 11.6 Å². The number of nitrogens with zero attached hydrogens (tertiary/aromatic N) is 1. The highest BCUT2D eigenvalue weighted by Crippen LogP contribution is 2.33. The molecule has 0 spiro atoms. The molecule has 0 fully saturated rings. The number of hydrogen-bond acceptors (Lipinski definition) is 7. The van der Waals surface area contributed by atoms with E-state index in [0.717, 1.165) is 11.3 Å². The summed E-state index contributed by atoms with van der Waals surface area (Å²) in [6.45, 7) is 0.319. The molecule has 0 atom stereocenters. The zero-order valence-corrected chi connectivity index (χ0v) is 17.4. The SMILES string of the molecule is COc1ccc(CNc2oc(-c3ccco3)nc2S(=O)(=O)c2ccc(Cl)cc2)cc1. The Labute approximate surface area is 178 Å². The van der Waals surface area contributed by atoms with Gasteiger partial charge in [0.2, 0.25) is 20.7 Å². The second-order valence-corrected chi connectivity index (χ2v) is 8.59. The second kappa shape index (κ2) is 8.25. The third kappa shape index (κ3) is 4.05. The molecule has 2 aromatic heterocycles. The zero-order chi connectivity index (χ0) is 21.1. The number of rotatable bonds is 7. The summed E-state index contributed by atoms with van der Waals surface area (Å²) >= 11 is 5.89. The summed E-state index contributed by atoms with van der Waals surface area (Å²) < 4.78 is 42.5. The van der Waals surface area contributed by atoms with Gasteiger partial charge in [-0.25, -0.2) is 8.42 Å². The van der Waals surface area contributed by atoms with Crippen molar-refractivity contribution in [2.45, 2.75) is 16.5 Å². The number of benzene rings is 2. The quantitative estimate of drug-likeness (QED) is 0.426. The van der Waals surface area contributed by atoms with Crippen molar-refractivity contribution in [3.05, 3.63) is 77.5 Å². The van der Waals surface area contributed by atoms with E-state index in [0.29, 0.717) is 17.3 Å². The van der Waals surface area contributed by atoms with Crippen molar-refractivity contribution in [1.29, 1.82) is 0 Å². The summed E-state index contributed by atoms with van der Waals surface area (Å²) in [6, 6.07) is 16.5. The van der Waals surface area contributed by atoms with E-state index in [1.807, 2.05) is 24.3 Å². The van der Waals surface area contributed by atoms with E-state index < -0.39 is 9.84 Å². The first kappa shape index (κ1) is 20.1. The van der Waals surface area contributed by atoms with Gasteiger partial charge in [0.05, 0.1) is 18.3 Å². The fourth-order valence-electron chi connectivity index (χ4n) is 2.76. The van der Waals surface area contributed by atoms with Crippen LogP contribution in [0.25, 0.3) is 11.7 Å². The van der Waals surface area contributed by atoms with Gasteiger partial charge in [-0.1, -0.05) is 23.7 Å². The Morgan fingerprint density at radius 2 is 1.80 bits per heavy atom. The molecule has 7 nitrogen and oxygen atoms in total. The highest BCUT2D eigenvalue weighted by atomic mass is 35.5. The average Bonchev–Trinajstić information content (AvgIpc) is 3.43. The van der Waals surface area contributed by atoms with Gasteiger partial charge in [0, 0.05) is 11.6 Å². The van der Waals surface area contributed by atoms with E-state index in [-0.39, 0.29) is 21.7 Å². The van der Waals surface area contributed by atoms with Gasteiger partial charge in [-0.05, 0) is 54.1 Å². The molecule has 0 radical (unpaired) electrons. The summed E-state index contributed by atoms with van der Waals surface area (Å²) in [6.07, 6.45) is 1.46. The van der Waals surface area contributed by atoms with Gasteiger partial charge < -0.3 is 18.9 Å². The summed E-state index contributed by atoms with van der Waals surface area (Å²) in [5.74, 6) is 1.13. The van der Waals surface area contributed by atoms with Crippen molar-refractivity contribution in [2.24, 2.45) is 0 Å². The van der Waals surface area contributed by atoms with Crippen LogP contribution in [0.2, 0.25) is 5.02 Å². The van der Waals surface area contributed by atoms with Gasteiger partial charge in [-0.2, -0.15) is 4.98 Å². The largest absolute Gasteiger partial charge is 0.497 e. The molecule has 30 heavy (non-hydrogen) atoms. The van der Waals surface area contributed by atoms with Crippen molar-refractivity contribution >= 4 is 27.3 Å². The Hall–Kier alpha value is -3.23. The van der Waals surface area contributed by atoms with Crippen LogP contribution in [0, 0.1) is 0 Å². The molecule has 4 aromatic rings. The molecule has 0 aliphatic rings. The van der Waals surface area contributed by atoms with Crippen LogP contribution in [0.1, 0.15) is 5.56 Å². The third-order valence-electron chi connectivity index (χ3n) is 4.32. The van der Waals surface area contributed by atoms with Gasteiger partial charge in [0.15, 0.2) is 5.76 Å². The smallest absolute Gasteiger partial charge is 0.266 e. The summed E-state index contributed by atoms with van der Waals surface area (Å²) in [7, 11) is -2.37. The lowest BCUT2D eigenvalue weighted by Crippen LogP contribution is -2.07. The maximum absolute atomic E-state index is 13.2. The number of ether oxygens (including phenoxy) is 1. The molecule has 0 aliphatic carbocycles. The molecule has 2 heterocycles. The Kier molecular flexibility index (Phi) is 5.52. The first-order chi connectivity index (χ1) is 14.5. The molecule has 0 bridgehead atoms. The number of furan rings is 1. The molecule has 9 heteroatoms. The number of methoxy groups -OCH3 is 1. The minimum atomic E-state index is -3.96. The molecule has 0 amide bonds. The summed E-state index contributed by atoms with van der Waals surface area (Å²) in [5.41, 5.74) is 0.904. The molecule has 0 saturated heterocycles. The molecular formula is C21H17ClN2O5S. The minimum absolute atomic E-state index is 0.0205. The van der Waals surface area contributed by atoms with E-state index in [2.05, 4.69) is 10.3 Å². The van der Waals surface area contributed by atoms with Gasteiger partial charge in [-0.15, -0.1) is 0 Å². The van der Waals surface area contributed by atoms with Crippen LogP contribution in [0.4, 0.5) is 5.88 Å². The Bertz CT molecular complexity index is 1230. The first-order valence-corrected chi connectivity index (χ1v) is 10.8. The standard InChI is InChI=1S/C21H17ClN2O5S/c1-27-16-8-4-14(5-9-16)13-23-20-21(24-19(29-20)18-3-2-12-28-18)30(25,26)17-10-6-15(22)7-11-17/h2-12,23H,13H2,1H3. The van der Waals surface area contributed by atoms with Gasteiger partial charge in [-0.3, -0.25) is 0 Å². The van der Waals surface area contributed by atoms with Crippen LogP contribution in [-0.4, -0.2) is 20.5 Å². The van der Waals surface area contributed by atoms with Crippen LogP contribution in [0.3, 0.4) is 0 Å². The number of hydrogen-bond donors (Lipinski definition) is 1. The maximum atomic E-state index is 13.2. The summed E-state index contributed by atoms with van der Waals surface area (Å²) in [4.78, 5) is 4.25. The lowest BCUT2D eigenvalue weighted by Gasteiger charge is -2.07. The van der Waals surface area contributed by atoms with E-state index in [1.54, 1.807) is 19.2 Å². The van der Waals surface area contributed by atoms with Crippen molar-refractivity contribution in [3.63, 3.8) is 0 Å². The van der Waals surface area contributed by atoms with Crippen LogP contribution in [-0.2, 0) is 16.4 Å². The zero-order valence-electron chi connectivity index (χ0n) is 15.8. The molecule has 1 N–H and O–H groups in total. The molecule has 0 unspecified atom stereocenters. The van der Waals surface area contributed by atoms with Gasteiger partial charge in [0.25, 0.3) is 5.89 Å². The first-order valence-electron chi connectivity index (χ1n) is 8.89. The van der Waals surface area contributed by atoms with Crippen molar-refractivity contribution in [2.75, 3.05) is 12.4 Å². The van der Waals surface area contributed by atoms with E-state index in [1.165, 1.54) is 30.5 Å². The van der Waals surface area contributed by atoms with E-state index in [9.17, 15) is 8.42 Å². The predicted molar refractivity (Wildman–Crippen MR) is 111 cm³/mol. The monoisotopic (exact) mass is 444 g/mol. The fourth-order valence-corrected chi connectivity index (χ4v) is 4.16. The lowest BCUT2D eigenvalue weighted by atomic mass is 10.2. The normalized spacial score (nSPS) is 11.4. The number of halogens is 1. The van der Waals surface area contributed by atoms with Crippen LogP contribution in [0.15, 0.2) is 85.7 Å². The topological polar surface area (TPSA) is 94.6 Å². The molecule has 0 saturated carbocycles. The molecule has 4 rings (SSSR count). The van der Waals surface area contributed by atoms with Crippen LogP contribution in [0.5, 0.6) is 5.75 Å². The number of nitrogens with one attached hydrogen (secondary N) is 1. The molecule has 0 aliphatic heterocycles. The Morgan fingerprint density at radius 3 is 2.43 bits per heavy atom. The van der Waals surface area contributed by atoms with E-state index in [4.69, 9.17) is 25.2 Å². The number of sulfone groups is 1. The number of aromatic nitrogens is 1. The van der Waals surface area contributed by atoms with Crippen LogP contribution < -0.4 is 10.1 Å². The second-order valence-electron chi connectivity index (χ2n) is 6.29. The number of oxazole rings is 1. The van der Waals surface area contributed by atoms with Crippen molar-refractivity contribution in [1.82, 2.24) is 4.98 Å². The molecular weight excluding hydrogens is 428 g/mol. The average molecular weight is 445 g/mol.